The van der Waals surface area contributed by atoms with Crippen molar-refractivity contribution in [3.05, 3.63) is 46.5 Å². The van der Waals surface area contributed by atoms with Gasteiger partial charge in [0.2, 0.25) is 0 Å². The van der Waals surface area contributed by atoms with E-state index in [9.17, 15) is 18.0 Å². The minimum absolute atomic E-state index is 0.113. The smallest absolute Gasteiger partial charge is 0.331 e. The van der Waals surface area contributed by atoms with Crippen LogP contribution in [0.3, 0.4) is 0 Å². The Labute approximate surface area is 148 Å². The quantitative estimate of drug-likeness (QED) is 0.800. The third-order valence-corrected chi connectivity index (χ3v) is 3.77. The number of aryl methyl sites for hydroxylation is 1. The Balaban J connectivity index is 2.38. The first kappa shape index (κ1) is 19.2. The Morgan fingerprint density at radius 2 is 2.04 bits per heavy atom. The maximum absolute atomic E-state index is 13.0. The SMILES string of the molecule is CC(C)CN(Cc1ccccn1)C(=O)c1c(Cl)c(C(F)(F)F)nn1C. The van der Waals surface area contributed by atoms with Gasteiger partial charge in [-0.2, -0.15) is 18.3 Å². The number of nitrogens with zero attached hydrogens (tertiary/aromatic N) is 4. The Bertz CT molecular complexity index is 744. The highest BCUT2D eigenvalue weighted by Gasteiger charge is 2.40. The zero-order chi connectivity index (χ0) is 18.8. The van der Waals surface area contributed by atoms with Crippen molar-refractivity contribution in [3.63, 3.8) is 0 Å². The molecule has 0 aliphatic rings. The Morgan fingerprint density at radius 3 is 2.52 bits per heavy atom. The van der Waals surface area contributed by atoms with Gasteiger partial charge in [-0.05, 0) is 18.1 Å². The summed E-state index contributed by atoms with van der Waals surface area (Å²) in [7, 11) is 1.27. The summed E-state index contributed by atoms with van der Waals surface area (Å²) in [6, 6.07) is 5.26. The largest absolute Gasteiger partial charge is 0.436 e. The minimum atomic E-state index is -4.72. The van der Waals surface area contributed by atoms with Crippen LogP contribution in [0.2, 0.25) is 5.02 Å². The molecular formula is C16H18ClF3N4O. The minimum Gasteiger partial charge on any atom is -0.331 e. The molecule has 136 valence electrons. The van der Waals surface area contributed by atoms with Gasteiger partial charge in [0, 0.05) is 19.8 Å². The summed E-state index contributed by atoms with van der Waals surface area (Å²) in [6.07, 6.45) is -3.14. The van der Waals surface area contributed by atoms with Gasteiger partial charge in [0.05, 0.1) is 12.2 Å². The topological polar surface area (TPSA) is 51.0 Å². The molecule has 25 heavy (non-hydrogen) atoms. The van der Waals surface area contributed by atoms with Gasteiger partial charge in [-0.3, -0.25) is 14.5 Å². The second-order valence-electron chi connectivity index (χ2n) is 6.03. The number of pyridine rings is 1. The number of hydrogen-bond acceptors (Lipinski definition) is 3. The number of hydrogen-bond donors (Lipinski definition) is 0. The van der Waals surface area contributed by atoms with Crippen LogP contribution in [-0.4, -0.2) is 32.1 Å². The van der Waals surface area contributed by atoms with Gasteiger partial charge in [-0.25, -0.2) is 0 Å². The number of carbonyl (C=O) groups is 1. The highest BCUT2D eigenvalue weighted by atomic mass is 35.5. The summed E-state index contributed by atoms with van der Waals surface area (Å²) in [5, 5.41) is 2.68. The molecule has 0 aromatic carbocycles. The maximum Gasteiger partial charge on any atom is 0.436 e. The fraction of sp³-hybridized carbons (Fsp3) is 0.438. The molecule has 0 saturated heterocycles. The van der Waals surface area contributed by atoms with Crippen LogP contribution in [0.5, 0.6) is 0 Å². The van der Waals surface area contributed by atoms with E-state index in [1.807, 2.05) is 13.8 Å². The molecule has 0 aliphatic heterocycles. The molecule has 0 bridgehead atoms. The van der Waals surface area contributed by atoms with Crippen molar-refractivity contribution in [1.29, 1.82) is 0 Å². The third kappa shape index (κ3) is 4.50. The van der Waals surface area contributed by atoms with E-state index >= 15 is 0 Å². The Morgan fingerprint density at radius 1 is 1.36 bits per heavy atom. The van der Waals surface area contributed by atoms with Gasteiger partial charge >= 0.3 is 6.18 Å². The fourth-order valence-corrected chi connectivity index (χ4v) is 2.76. The molecule has 2 heterocycles. The predicted molar refractivity (Wildman–Crippen MR) is 87.0 cm³/mol. The number of carbonyl (C=O) groups excluding carboxylic acids is 1. The van der Waals surface area contributed by atoms with Crippen LogP contribution in [0, 0.1) is 5.92 Å². The average molecular weight is 375 g/mol. The van der Waals surface area contributed by atoms with Crippen molar-refractivity contribution in [2.75, 3.05) is 6.54 Å². The first-order chi connectivity index (χ1) is 11.6. The van der Waals surface area contributed by atoms with Gasteiger partial charge in [0.1, 0.15) is 10.7 Å². The molecule has 2 aromatic heterocycles. The maximum atomic E-state index is 13.0. The lowest BCUT2D eigenvalue weighted by atomic mass is 10.2. The van der Waals surface area contributed by atoms with Gasteiger partial charge < -0.3 is 4.90 Å². The molecular weight excluding hydrogens is 357 g/mol. The summed E-state index contributed by atoms with van der Waals surface area (Å²) in [5.41, 5.74) is -0.918. The molecule has 0 aliphatic carbocycles. The van der Waals surface area contributed by atoms with Crippen molar-refractivity contribution in [2.24, 2.45) is 13.0 Å². The van der Waals surface area contributed by atoms with Crippen molar-refractivity contribution in [3.8, 4) is 0 Å². The van der Waals surface area contributed by atoms with Gasteiger partial charge in [0.15, 0.2) is 5.69 Å². The van der Waals surface area contributed by atoms with Crippen LogP contribution >= 0.6 is 11.6 Å². The van der Waals surface area contributed by atoms with Crippen LogP contribution < -0.4 is 0 Å². The van der Waals surface area contributed by atoms with Crippen molar-refractivity contribution >= 4 is 17.5 Å². The molecule has 0 saturated carbocycles. The highest BCUT2D eigenvalue weighted by Crippen LogP contribution is 2.35. The summed E-state index contributed by atoms with van der Waals surface area (Å²) < 4.78 is 39.8. The van der Waals surface area contributed by atoms with E-state index in [1.54, 1.807) is 24.4 Å². The normalized spacial score (nSPS) is 11.8. The number of alkyl halides is 3. The lowest BCUT2D eigenvalue weighted by molar-refractivity contribution is -0.141. The van der Waals surface area contributed by atoms with Crippen LogP contribution in [0.1, 0.15) is 35.7 Å². The summed E-state index contributed by atoms with van der Waals surface area (Å²) >= 11 is 5.83. The van der Waals surface area contributed by atoms with E-state index in [0.717, 1.165) is 4.68 Å². The molecule has 0 unspecified atom stereocenters. The van der Waals surface area contributed by atoms with E-state index in [1.165, 1.54) is 11.9 Å². The zero-order valence-electron chi connectivity index (χ0n) is 14.0. The van der Waals surface area contributed by atoms with Crippen LogP contribution in [0.15, 0.2) is 24.4 Å². The zero-order valence-corrected chi connectivity index (χ0v) is 14.8. The van der Waals surface area contributed by atoms with Crippen LogP contribution in [0.25, 0.3) is 0 Å². The molecule has 2 rings (SSSR count). The number of rotatable bonds is 5. The van der Waals surface area contributed by atoms with Crippen molar-refractivity contribution in [1.82, 2.24) is 19.7 Å². The van der Waals surface area contributed by atoms with Crippen molar-refractivity contribution in [2.45, 2.75) is 26.6 Å². The summed E-state index contributed by atoms with van der Waals surface area (Å²) in [5.74, 6) is -0.503. The molecule has 0 atom stereocenters. The summed E-state index contributed by atoms with van der Waals surface area (Å²) in [4.78, 5) is 18.4. The third-order valence-electron chi connectivity index (χ3n) is 3.41. The molecule has 0 spiro atoms. The molecule has 0 N–H and O–H groups in total. The van der Waals surface area contributed by atoms with Crippen LogP contribution in [0.4, 0.5) is 13.2 Å². The molecule has 9 heteroatoms. The highest BCUT2D eigenvalue weighted by molar-refractivity contribution is 6.34. The van der Waals surface area contributed by atoms with E-state index in [-0.39, 0.29) is 18.2 Å². The Kier molecular flexibility index (Phi) is 5.72. The second kappa shape index (κ2) is 7.43. The molecule has 5 nitrogen and oxygen atoms in total. The number of amides is 1. The lowest BCUT2D eigenvalue weighted by Crippen LogP contribution is -2.35. The van der Waals surface area contributed by atoms with Gasteiger partial charge in [-0.15, -0.1) is 0 Å². The second-order valence-corrected chi connectivity index (χ2v) is 6.41. The average Bonchev–Trinajstić information content (AvgIpc) is 2.81. The van der Waals surface area contributed by atoms with E-state index in [4.69, 9.17) is 11.6 Å². The summed E-state index contributed by atoms with van der Waals surface area (Å²) in [6.45, 7) is 4.33. The van der Waals surface area contributed by atoms with Crippen molar-refractivity contribution < 1.29 is 18.0 Å². The molecule has 0 radical (unpaired) electrons. The number of aromatic nitrogens is 3. The van der Waals surface area contributed by atoms with E-state index in [2.05, 4.69) is 10.1 Å². The molecule has 1 amide bonds. The van der Waals surface area contributed by atoms with E-state index < -0.39 is 22.8 Å². The van der Waals surface area contributed by atoms with Gasteiger partial charge in [-0.1, -0.05) is 31.5 Å². The molecule has 2 aromatic rings. The fourth-order valence-electron chi connectivity index (χ4n) is 2.41. The Hall–Kier alpha value is -2.09. The lowest BCUT2D eigenvalue weighted by Gasteiger charge is -2.24. The van der Waals surface area contributed by atoms with Crippen LogP contribution in [-0.2, 0) is 19.8 Å². The van der Waals surface area contributed by atoms with E-state index in [0.29, 0.717) is 12.2 Å². The monoisotopic (exact) mass is 374 g/mol. The standard InChI is InChI=1S/C16H18ClF3N4O/c1-10(2)8-24(9-11-6-4-5-7-21-11)15(25)13-12(17)14(16(18,19)20)22-23(13)3/h4-7,10H,8-9H2,1-3H3. The number of halogens is 4. The first-order valence-corrected chi connectivity index (χ1v) is 7.98. The van der Waals surface area contributed by atoms with Gasteiger partial charge in [0.25, 0.3) is 5.91 Å². The first-order valence-electron chi connectivity index (χ1n) is 7.60. The molecule has 0 fully saturated rings. The predicted octanol–water partition coefficient (Wildman–Crippen LogP) is 3.79.